The highest BCUT2D eigenvalue weighted by Gasteiger charge is 2.57. The van der Waals surface area contributed by atoms with Crippen LogP contribution in [0.25, 0.3) is 0 Å². The first-order chi connectivity index (χ1) is 50.2. The third kappa shape index (κ3) is 30.4. The van der Waals surface area contributed by atoms with Crippen molar-refractivity contribution in [3.63, 3.8) is 0 Å². The Morgan fingerprint density at radius 1 is 0.375 bits per heavy atom. The quantitative estimate of drug-likeness (QED) is 0.0306. The number of hydrogen-bond donors (Lipinski definition) is 18. The molecule has 5 fully saturated rings. The molecule has 18 N–H and O–H groups in total. The Bertz CT molecular complexity index is 2250. The minimum absolute atomic E-state index is 0.199. The van der Waals surface area contributed by atoms with Gasteiger partial charge in [-0.2, -0.15) is 0 Å². The fourth-order valence-corrected chi connectivity index (χ4v) is 14.3. The largest absolute Gasteiger partial charge is 0.394 e. The maximum atomic E-state index is 13.5. The normalized spacial score (nSPS) is 34.7. The molecule has 0 aromatic heterocycles. The van der Waals surface area contributed by atoms with Gasteiger partial charge in [0.2, 0.25) is 11.8 Å². The lowest BCUT2D eigenvalue weighted by atomic mass is 9.94. The number of aliphatic hydroxyl groups is 16. The number of rotatable bonds is 54. The second-order valence-corrected chi connectivity index (χ2v) is 29.2. The maximum absolute atomic E-state index is 13.5. The minimum Gasteiger partial charge on any atom is -0.394 e. The number of unbranched alkanes of at least 4 members (excludes halogenated alkanes) is 31. The van der Waals surface area contributed by atoms with Gasteiger partial charge in [-0.1, -0.05) is 219 Å². The van der Waals surface area contributed by atoms with Gasteiger partial charge in [0.15, 0.2) is 31.5 Å². The molecular formula is C74H136N2O28. The van der Waals surface area contributed by atoms with E-state index in [-0.39, 0.29) is 12.3 Å². The summed E-state index contributed by atoms with van der Waals surface area (Å²) in [4.78, 5) is 26.2. The summed E-state index contributed by atoms with van der Waals surface area (Å²) in [7, 11) is 0. The van der Waals surface area contributed by atoms with E-state index in [1.54, 1.807) is 6.08 Å². The topological polar surface area (TPSA) is 474 Å². The standard InChI is InChI=1S/C74H136N2O28/c1-4-6-8-10-12-14-16-18-19-20-21-22-23-24-25-27-29-31-33-35-37-39-54(84)76-47(48(83)38-36-34-32-30-28-26-17-15-13-11-9-7-5-2)45-95-71-63(92)60(89)66(52(43-80)99-71)101-73-64(93)61(90)67(53(44-81)100-73)102-74-65(94)69(58(87)51(42-79)98-74)104-70-55(75-46(3)82)68(57(86)50(41-78)96-70)103-72-62(91)59(88)56(85)49(40-77)97-72/h36,38,47-53,55-74,77-81,83,85-94H,4-35,37,39-45H2,1-3H3,(H,75,82)(H,76,84)/b38-36+/t47-,48+,49?,50?,51?,52?,53?,55?,56-,57-,58-,59-,60+,61+,62?,63?,64?,65?,66+,67-,68+,69-,70-,71+,72-,73-,74-/m0/s1. The molecule has 2 amide bonds. The van der Waals surface area contributed by atoms with Gasteiger partial charge in [-0.05, 0) is 19.3 Å². The molecule has 5 saturated heterocycles. The van der Waals surface area contributed by atoms with Crippen molar-refractivity contribution in [2.75, 3.05) is 39.6 Å². The molecule has 0 aromatic carbocycles. The maximum Gasteiger partial charge on any atom is 0.220 e. The molecule has 30 heteroatoms. The molecule has 0 aromatic rings. The van der Waals surface area contributed by atoms with Crippen LogP contribution in [0.1, 0.15) is 239 Å². The highest BCUT2D eigenvalue weighted by Crippen LogP contribution is 2.37. The molecule has 0 bridgehead atoms. The number of carbonyl (C=O) groups is 2. The van der Waals surface area contributed by atoms with E-state index in [2.05, 4.69) is 24.5 Å². The third-order valence-electron chi connectivity index (χ3n) is 20.7. The molecule has 5 heterocycles. The van der Waals surface area contributed by atoms with E-state index in [0.717, 1.165) is 51.9 Å². The first-order valence-corrected chi connectivity index (χ1v) is 39.5. The molecule has 5 aliphatic rings. The fourth-order valence-electron chi connectivity index (χ4n) is 14.3. The molecule has 0 spiro atoms. The Morgan fingerprint density at radius 2 is 0.712 bits per heavy atom. The number of allylic oxidation sites excluding steroid dienone is 1. The van der Waals surface area contributed by atoms with Crippen LogP contribution < -0.4 is 10.6 Å². The molecule has 27 atom stereocenters. The minimum atomic E-state index is -2.19. The van der Waals surface area contributed by atoms with Gasteiger partial charge in [0.05, 0.1) is 51.8 Å². The van der Waals surface area contributed by atoms with Gasteiger partial charge in [0.25, 0.3) is 0 Å². The predicted octanol–water partition coefficient (Wildman–Crippen LogP) is 1.95. The Kier molecular flexibility index (Phi) is 46.1. The van der Waals surface area contributed by atoms with Crippen molar-refractivity contribution in [2.45, 2.75) is 405 Å². The molecule has 5 rings (SSSR count). The van der Waals surface area contributed by atoms with Gasteiger partial charge < -0.3 is 140 Å². The smallest absolute Gasteiger partial charge is 0.220 e. The number of nitrogens with one attached hydrogen (secondary N) is 2. The SMILES string of the molecule is CCCCCCCCCCCCC/C=C/[C@@H](O)[C@H](CO[C@@H]1OC(CO)[C@@H](O[C@@H]2OC(CO)[C@H](O[C@@H]3OC(CO)[C@H](O)[C@H](O[C@@H]4OC(CO)[C@H](O)[C@H](O[C@@H]5OC(CO)[C@H](O)[C@H](O)C5O)C4NC(C)=O)C3O)[C@H](O)C2O)[C@H](O)C1O)NC(=O)CCCCCCCCCCCCCCCCCCCCCCC. The average Bonchev–Trinajstić information content (AvgIpc) is 0.775. The van der Waals surface area contributed by atoms with Crippen molar-refractivity contribution in [1.82, 2.24) is 10.6 Å². The zero-order valence-corrected chi connectivity index (χ0v) is 62.1. The van der Waals surface area contributed by atoms with Crippen LogP contribution in [0.2, 0.25) is 0 Å². The van der Waals surface area contributed by atoms with Crippen LogP contribution >= 0.6 is 0 Å². The monoisotopic (exact) mass is 1500 g/mol. The molecule has 0 aliphatic carbocycles. The van der Waals surface area contributed by atoms with Crippen LogP contribution in [0.3, 0.4) is 0 Å². The zero-order valence-electron chi connectivity index (χ0n) is 62.1. The molecule has 10 unspecified atom stereocenters. The molecule has 5 aliphatic heterocycles. The molecular weight excluding hydrogens is 1360 g/mol. The van der Waals surface area contributed by atoms with Gasteiger partial charge in [0.1, 0.15) is 122 Å². The molecule has 104 heavy (non-hydrogen) atoms. The Balaban J connectivity index is 1.15. The highest BCUT2D eigenvalue weighted by molar-refractivity contribution is 5.76. The molecule has 0 radical (unpaired) electrons. The summed E-state index contributed by atoms with van der Waals surface area (Å²) in [6, 6.07) is -2.74. The van der Waals surface area contributed by atoms with E-state index >= 15 is 0 Å². The summed E-state index contributed by atoms with van der Waals surface area (Å²) in [5, 5.41) is 181. The van der Waals surface area contributed by atoms with Crippen LogP contribution in [0.4, 0.5) is 0 Å². The molecule has 610 valence electrons. The van der Waals surface area contributed by atoms with Crippen molar-refractivity contribution in [3.8, 4) is 0 Å². The summed E-state index contributed by atoms with van der Waals surface area (Å²) < 4.78 is 58.4. The van der Waals surface area contributed by atoms with Crippen LogP contribution in [-0.2, 0) is 57.0 Å². The fraction of sp³-hybridized carbons (Fsp3) is 0.946. The van der Waals surface area contributed by atoms with Crippen molar-refractivity contribution >= 4 is 11.8 Å². The second kappa shape index (κ2) is 52.0. The van der Waals surface area contributed by atoms with E-state index < -0.39 is 211 Å². The van der Waals surface area contributed by atoms with Crippen LogP contribution in [0.15, 0.2) is 12.2 Å². The van der Waals surface area contributed by atoms with E-state index in [1.165, 1.54) is 154 Å². The Hall–Kier alpha value is -2.36. The van der Waals surface area contributed by atoms with E-state index in [9.17, 15) is 91.3 Å². The lowest BCUT2D eigenvalue weighted by Gasteiger charge is -2.50. The van der Waals surface area contributed by atoms with Gasteiger partial charge in [-0.15, -0.1) is 0 Å². The van der Waals surface area contributed by atoms with Gasteiger partial charge in [-0.3, -0.25) is 9.59 Å². The second-order valence-electron chi connectivity index (χ2n) is 29.2. The lowest BCUT2D eigenvalue weighted by Crippen LogP contribution is -2.70. The van der Waals surface area contributed by atoms with Crippen molar-refractivity contribution < 1.29 is 139 Å². The lowest BCUT2D eigenvalue weighted by molar-refractivity contribution is -0.389. The summed E-state index contributed by atoms with van der Waals surface area (Å²) in [6.07, 6.45) is -2.96. The summed E-state index contributed by atoms with van der Waals surface area (Å²) >= 11 is 0. The Morgan fingerprint density at radius 3 is 1.14 bits per heavy atom. The van der Waals surface area contributed by atoms with E-state index in [4.69, 9.17) is 47.4 Å². The van der Waals surface area contributed by atoms with E-state index in [1.807, 2.05) is 6.08 Å². The van der Waals surface area contributed by atoms with Crippen molar-refractivity contribution in [1.29, 1.82) is 0 Å². The number of amides is 2. The van der Waals surface area contributed by atoms with Crippen molar-refractivity contribution in [2.24, 2.45) is 0 Å². The van der Waals surface area contributed by atoms with Crippen LogP contribution in [-0.4, -0.2) is 299 Å². The molecule has 0 saturated carbocycles. The van der Waals surface area contributed by atoms with Gasteiger partial charge >= 0.3 is 0 Å². The first kappa shape index (κ1) is 92.2. The van der Waals surface area contributed by atoms with Crippen molar-refractivity contribution in [3.05, 3.63) is 12.2 Å². The first-order valence-electron chi connectivity index (χ1n) is 39.5. The molecule has 30 nitrogen and oxygen atoms in total. The number of ether oxygens (including phenoxy) is 10. The zero-order chi connectivity index (χ0) is 75.9. The Labute approximate surface area is 615 Å². The summed E-state index contributed by atoms with van der Waals surface area (Å²) in [5.41, 5.74) is 0. The summed E-state index contributed by atoms with van der Waals surface area (Å²) in [5.74, 6) is -1.13. The van der Waals surface area contributed by atoms with E-state index in [0.29, 0.717) is 12.8 Å². The van der Waals surface area contributed by atoms with Crippen LogP contribution in [0, 0.1) is 0 Å². The highest BCUT2D eigenvalue weighted by atomic mass is 16.8. The third-order valence-corrected chi connectivity index (χ3v) is 20.7. The number of aliphatic hydroxyl groups excluding tert-OH is 16. The number of hydrogen-bond acceptors (Lipinski definition) is 28. The predicted molar refractivity (Wildman–Crippen MR) is 377 cm³/mol. The van der Waals surface area contributed by atoms with Gasteiger partial charge in [0, 0.05) is 13.3 Å². The van der Waals surface area contributed by atoms with Gasteiger partial charge in [-0.25, -0.2) is 0 Å². The summed E-state index contributed by atoms with van der Waals surface area (Å²) in [6.45, 7) is 0.369. The average molecular weight is 1500 g/mol. The van der Waals surface area contributed by atoms with Crippen LogP contribution in [0.5, 0.6) is 0 Å². The number of carbonyl (C=O) groups excluding carboxylic acids is 2.